The van der Waals surface area contributed by atoms with E-state index in [2.05, 4.69) is 5.32 Å². The zero-order valence-corrected chi connectivity index (χ0v) is 13.6. The molecule has 1 saturated heterocycles. The van der Waals surface area contributed by atoms with Crippen LogP contribution < -0.4 is 11.1 Å². The number of rotatable bonds is 5. The summed E-state index contributed by atoms with van der Waals surface area (Å²) >= 11 is 0. The molecule has 0 bridgehead atoms. The van der Waals surface area contributed by atoms with Crippen molar-refractivity contribution in [2.75, 3.05) is 13.1 Å². The molecule has 1 aliphatic rings. The number of benzene rings is 1. The molecule has 1 heterocycles. The van der Waals surface area contributed by atoms with Gasteiger partial charge in [-0.05, 0) is 25.3 Å². The fourth-order valence-electron chi connectivity index (χ4n) is 2.49. The number of nitrogens with two attached hydrogens (primary N) is 1. The maximum Gasteiger partial charge on any atom is 0.236 e. The van der Waals surface area contributed by atoms with Crippen LogP contribution in [0.4, 0.5) is 0 Å². The number of nitrogens with one attached hydrogen (secondary N) is 1. The van der Waals surface area contributed by atoms with Gasteiger partial charge in [0, 0.05) is 19.1 Å². The highest BCUT2D eigenvalue weighted by molar-refractivity contribution is 7.88. The molecule has 3 N–H and O–H groups in total. The highest BCUT2D eigenvalue weighted by atomic mass is 32.2. The quantitative estimate of drug-likeness (QED) is 0.822. The van der Waals surface area contributed by atoms with Crippen LogP contribution in [0.1, 0.15) is 25.3 Å². The van der Waals surface area contributed by atoms with Crippen molar-refractivity contribution in [1.82, 2.24) is 9.62 Å². The van der Waals surface area contributed by atoms with E-state index >= 15 is 0 Å². The Bertz CT molecular complexity index is 594. The summed E-state index contributed by atoms with van der Waals surface area (Å²) in [5.74, 6) is -0.171. The predicted octanol–water partition coefficient (Wildman–Crippen LogP) is 0.444. The Kier molecular flexibility index (Phi) is 5.55. The van der Waals surface area contributed by atoms with Crippen molar-refractivity contribution < 1.29 is 13.2 Å². The molecule has 1 aliphatic heterocycles. The zero-order chi connectivity index (χ0) is 16.2. The molecule has 0 aliphatic carbocycles. The molecular weight excluding hydrogens is 302 g/mol. The summed E-state index contributed by atoms with van der Waals surface area (Å²) in [7, 11) is -3.31. The van der Waals surface area contributed by atoms with E-state index in [1.165, 1.54) is 4.31 Å². The van der Waals surface area contributed by atoms with E-state index in [0.717, 1.165) is 5.56 Å². The van der Waals surface area contributed by atoms with Gasteiger partial charge in [0.05, 0.1) is 11.8 Å². The standard InChI is InChI=1S/C15H23N3O3S/c1-12(16)15(19)17-14-7-9-18(10-8-14)22(20,21)11-13-5-3-2-4-6-13/h2-6,12,14H,7-11,16H2,1H3,(H,17,19)/t12-/m0/s1. The molecule has 22 heavy (non-hydrogen) atoms. The van der Waals surface area contributed by atoms with Crippen LogP contribution in [-0.4, -0.2) is 43.8 Å². The molecule has 1 aromatic carbocycles. The number of amides is 1. The first kappa shape index (κ1) is 16.9. The van der Waals surface area contributed by atoms with E-state index in [-0.39, 0.29) is 17.7 Å². The highest BCUT2D eigenvalue weighted by Crippen LogP contribution is 2.17. The van der Waals surface area contributed by atoms with E-state index in [0.29, 0.717) is 25.9 Å². The lowest BCUT2D eigenvalue weighted by Gasteiger charge is -2.32. The van der Waals surface area contributed by atoms with Gasteiger partial charge in [0.1, 0.15) is 0 Å². The molecule has 0 radical (unpaired) electrons. The summed E-state index contributed by atoms with van der Waals surface area (Å²) in [6.45, 7) is 2.49. The Morgan fingerprint density at radius 2 is 1.91 bits per heavy atom. The fraction of sp³-hybridized carbons (Fsp3) is 0.533. The topological polar surface area (TPSA) is 92.5 Å². The monoisotopic (exact) mass is 325 g/mol. The number of hydrogen-bond donors (Lipinski definition) is 2. The first-order valence-corrected chi connectivity index (χ1v) is 9.07. The third-order valence-corrected chi connectivity index (χ3v) is 5.65. The maximum atomic E-state index is 12.4. The first-order chi connectivity index (χ1) is 10.4. The lowest BCUT2D eigenvalue weighted by atomic mass is 10.1. The summed E-state index contributed by atoms with van der Waals surface area (Å²) in [5.41, 5.74) is 6.30. The molecule has 2 rings (SSSR count). The first-order valence-electron chi connectivity index (χ1n) is 7.46. The lowest BCUT2D eigenvalue weighted by molar-refractivity contribution is -0.122. The normalized spacial score (nSPS) is 18.8. The van der Waals surface area contributed by atoms with Crippen molar-refractivity contribution in [2.24, 2.45) is 5.73 Å². The van der Waals surface area contributed by atoms with Crippen LogP contribution in [0.2, 0.25) is 0 Å². The Balaban J connectivity index is 1.89. The smallest absolute Gasteiger partial charge is 0.236 e. The molecule has 1 fully saturated rings. The summed E-state index contributed by atoms with van der Waals surface area (Å²) in [6, 6.07) is 8.62. The van der Waals surface area contributed by atoms with E-state index in [4.69, 9.17) is 5.73 Å². The van der Waals surface area contributed by atoms with Gasteiger partial charge in [-0.2, -0.15) is 0 Å². The average Bonchev–Trinajstić information content (AvgIpc) is 2.48. The maximum absolute atomic E-state index is 12.4. The summed E-state index contributed by atoms with van der Waals surface area (Å²) in [6.07, 6.45) is 1.24. The van der Waals surface area contributed by atoms with Crippen LogP contribution in [0, 0.1) is 0 Å². The second kappa shape index (κ2) is 7.21. The van der Waals surface area contributed by atoms with Crippen LogP contribution in [0.5, 0.6) is 0 Å². The lowest BCUT2D eigenvalue weighted by Crippen LogP contribution is -2.49. The van der Waals surface area contributed by atoms with Crippen molar-refractivity contribution in [1.29, 1.82) is 0 Å². The van der Waals surface area contributed by atoms with Crippen molar-refractivity contribution in [3.63, 3.8) is 0 Å². The van der Waals surface area contributed by atoms with Gasteiger partial charge >= 0.3 is 0 Å². The zero-order valence-electron chi connectivity index (χ0n) is 12.7. The number of carbonyl (C=O) groups is 1. The van der Waals surface area contributed by atoms with Gasteiger partial charge < -0.3 is 11.1 Å². The molecule has 1 amide bonds. The molecule has 7 heteroatoms. The van der Waals surface area contributed by atoms with E-state index < -0.39 is 16.1 Å². The second-order valence-corrected chi connectivity index (χ2v) is 7.68. The minimum absolute atomic E-state index is 0.00155. The van der Waals surface area contributed by atoms with Crippen LogP contribution >= 0.6 is 0 Å². The van der Waals surface area contributed by atoms with Crippen molar-refractivity contribution in [2.45, 2.75) is 37.6 Å². The molecule has 6 nitrogen and oxygen atoms in total. The third kappa shape index (κ3) is 4.53. The highest BCUT2D eigenvalue weighted by Gasteiger charge is 2.29. The minimum Gasteiger partial charge on any atom is -0.352 e. The molecular formula is C15H23N3O3S. The number of carbonyl (C=O) groups excluding carboxylic acids is 1. The second-order valence-electron chi connectivity index (χ2n) is 5.71. The van der Waals surface area contributed by atoms with E-state index in [1.54, 1.807) is 6.92 Å². The summed E-state index contributed by atoms with van der Waals surface area (Å²) < 4.78 is 26.3. The number of sulfonamides is 1. The van der Waals surface area contributed by atoms with Crippen molar-refractivity contribution >= 4 is 15.9 Å². The van der Waals surface area contributed by atoms with Gasteiger partial charge in [0.2, 0.25) is 15.9 Å². The average molecular weight is 325 g/mol. The van der Waals surface area contributed by atoms with Gasteiger partial charge in [-0.3, -0.25) is 4.79 Å². The van der Waals surface area contributed by atoms with Crippen LogP contribution in [-0.2, 0) is 20.6 Å². The van der Waals surface area contributed by atoms with Crippen LogP contribution in [0.15, 0.2) is 30.3 Å². The van der Waals surface area contributed by atoms with E-state index in [9.17, 15) is 13.2 Å². The van der Waals surface area contributed by atoms with Crippen molar-refractivity contribution in [3.05, 3.63) is 35.9 Å². The molecule has 1 aromatic rings. The van der Waals surface area contributed by atoms with Gasteiger partial charge in [0.25, 0.3) is 0 Å². The Hall–Kier alpha value is -1.44. The fourth-order valence-corrected chi connectivity index (χ4v) is 4.05. The Morgan fingerprint density at radius 3 is 2.45 bits per heavy atom. The van der Waals surface area contributed by atoms with Gasteiger partial charge in [-0.25, -0.2) is 12.7 Å². The SMILES string of the molecule is C[C@H](N)C(=O)NC1CCN(S(=O)(=O)Cc2ccccc2)CC1. The number of nitrogens with zero attached hydrogens (tertiary/aromatic N) is 1. The third-order valence-electron chi connectivity index (χ3n) is 3.80. The Morgan fingerprint density at radius 1 is 1.32 bits per heavy atom. The summed E-state index contributed by atoms with van der Waals surface area (Å²) in [5, 5.41) is 2.85. The van der Waals surface area contributed by atoms with Crippen molar-refractivity contribution in [3.8, 4) is 0 Å². The van der Waals surface area contributed by atoms with Gasteiger partial charge in [-0.15, -0.1) is 0 Å². The molecule has 0 saturated carbocycles. The molecule has 0 unspecified atom stereocenters. The molecule has 0 aromatic heterocycles. The van der Waals surface area contributed by atoms with Crippen LogP contribution in [0.3, 0.4) is 0 Å². The minimum atomic E-state index is -3.31. The number of hydrogen-bond acceptors (Lipinski definition) is 4. The summed E-state index contributed by atoms with van der Waals surface area (Å²) in [4.78, 5) is 11.6. The van der Waals surface area contributed by atoms with Crippen LogP contribution in [0.25, 0.3) is 0 Å². The largest absolute Gasteiger partial charge is 0.352 e. The Labute approximate surface area is 131 Å². The molecule has 122 valence electrons. The van der Waals surface area contributed by atoms with E-state index in [1.807, 2.05) is 30.3 Å². The predicted molar refractivity (Wildman–Crippen MR) is 85.5 cm³/mol. The molecule has 0 spiro atoms. The number of piperidine rings is 1. The molecule has 1 atom stereocenters. The van der Waals surface area contributed by atoms with Gasteiger partial charge in [-0.1, -0.05) is 30.3 Å². The van der Waals surface area contributed by atoms with Gasteiger partial charge in [0.15, 0.2) is 0 Å².